The highest BCUT2D eigenvalue weighted by molar-refractivity contribution is 6.08. The second-order valence-electron chi connectivity index (χ2n) is 5.43. The van der Waals surface area contributed by atoms with Crippen LogP contribution in [0.3, 0.4) is 0 Å². The average Bonchev–Trinajstić information content (AvgIpc) is 2.92. The second-order valence-corrected chi connectivity index (χ2v) is 5.43. The fourth-order valence-corrected chi connectivity index (χ4v) is 3.92. The van der Waals surface area contributed by atoms with E-state index in [1.807, 2.05) is 0 Å². The lowest BCUT2D eigenvalue weighted by atomic mass is 9.81. The molecule has 3 aliphatic rings. The number of fused-ring (bicyclic) bond motifs is 5. The van der Waals surface area contributed by atoms with Gasteiger partial charge in [0.15, 0.2) is 0 Å². The third-order valence-electron chi connectivity index (χ3n) is 4.69. The molecule has 5 heteroatoms. The molecule has 5 atom stereocenters. The molecule has 0 aromatic heterocycles. The maximum atomic E-state index is 12.1. The predicted molar refractivity (Wildman–Crippen MR) is 54.1 cm³/mol. The van der Waals surface area contributed by atoms with Gasteiger partial charge in [0.05, 0.1) is 23.8 Å². The molecule has 0 radical (unpaired) electrons. The molecular weight excluding hydrogens is 222 g/mol. The quantitative estimate of drug-likeness (QED) is 0.585. The number of likely N-dealkylation sites (tertiary alicyclic amines) is 1. The first kappa shape index (κ1) is 10.7. The average molecular weight is 236 g/mol. The van der Waals surface area contributed by atoms with E-state index in [1.54, 1.807) is 0 Å². The van der Waals surface area contributed by atoms with E-state index in [0.717, 1.165) is 24.2 Å². The van der Waals surface area contributed by atoms with E-state index in [0.29, 0.717) is 11.8 Å². The summed E-state index contributed by atoms with van der Waals surface area (Å²) in [4.78, 5) is 36.0. The molecule has 0 aromatic rings. The normalized spacial score (nSPS) is 40.9. The summed E-state index contributed by atoms with van der Waals surface area (Å²) in [6.07, 6.45) is 2.96. The van der Waals surface area contributed by atoms with Crippen LogP contribution in [0.4, 0.5) is 0 Å². The van der Waals surface area contributed by atoms with Crippen LogP contribution in [0, 0.1) is 23.7 Å². The van der Waals surface area contributed by atoms with E-state index in [9.17, 15) is 19.5 Å². The van der Waals surface area contributed by atoms with Crippen LogP contribution >= 0.6 is 0 Å². The van der Waals surface area contributed by atoms with Gasteiger partial charge in [-0.2, -0.15) is 0 Å². The van der Waals surface area contributed by atoms with Gasteiger partial charge in [-0.1, -0.05) is 0 Å². The molecular formula is C12H14NO4-. The highest BCUT2D eigenvalue weighted by Crippen LogP contribution is 2.56. The Balaban J connectivity index is 1.93. The summed E-state index contributed by atoms with van der Waals surface area (Å²) in [6, 6.07) is -1.14. The van der Waals surface area contributed by atoms with Crippen LogP contribution < -0.4 is 5.11 Å². The van der Waals surface area contributed by atoms with Gasteiger partial charge in [-0.15, -0.1) is 0 Å². The molecule has 0 N–H and O–H groups in total. The Kier molecular flexibility index (Phi) is 2.09. The molecule has 2 saturated carbocycles. The zero-order valence-electron chi connectivity index (χ0n) is 9.59. The van der Waals surface area contributed by atoms with Crippen LogP contribution in [0.15, 0.2) is 0 Å². The van der Waals surface area contributed by atoms with Crippen LogP contribution in [0.5, 0.6) is 0 Å². The Labute approximate surface area is 98.8 Å². The molecule has 1 heterocycles. The first-order valence-electron chi connectivity index (χ1n) is 6.10. The Bertz CT molecular complexity index is 391. The van der Waals surface area contributed by atoms with Crippen molar-refractivity contribution in [2.24, 2.45) is 23.7 Å². The molecule has 2 amide bonds. The van der Waals surface area contributed by atoms with E-state index >= 15 is 0 Å². The SMILES string of the molecule is C[C@H](C(=O)[O-])N1C(=O)[C@@H]2[C@@H]3CC[C@@H](C3)[C@@H]2C1=O. The zero-order chi connectivity index (χ0) is 12.3. The molecule has 3 fully saturated rings. The molecule has 1 aliphatic heterocycles. The molecule has 2 bridgehead atoms. The monoisotopic (exact) mass is 236 g/mol. The van der Waals surface area contributed by atoms with Crippen LogP contribution in [-0.4, -0.2) is 28.7 Å². The number of carbonyl (C=O) groups excluding carboxylic acids is 3. The van der Waals surface area contributed by atoms with Gasteiger partial charge in [0, 0.05) is 0 Å². The predicted octanol–water partition coefficient (Wildman–Crippen LogP) is -0.844. The Morgan fingerprint density at radius 2 is 1.71 bits per heavy atom. The van der Waals surface area contributed by atoms with Gasteiger partial charge in [0.2, 0.25) is 11.8 Å². The molecule has 92 valence electrons. The minimum atomic E-state index is -1.36. The zero-order valence-corrected chi connectivity index (χ0v) is 9.59. The van der Waals surface area contributed by atoms with E-state index < -0.39 is 12.0 Å². The number of carboxylic acids is 1. The number of imide groups is 1. The molecule has 5 nitrogen and oxygen atoms in total. The maximum absolute atomic E-state index is 12.1. The Morgan fingerprint density at radius 3 is 2.12 bits per heavy atom. The van der Waals surface area contributed by atoms with Crippen molar-refractivity contribution in [3.63, 3.8) is 0 Å². The smallest absolute Gasteiger partial charge is 0.233 e. The van der Waals surface area contributed by atoms with Crippen molar-refractivity contribution in [1.82, 2.24) is 4.90 Å². The van der Waals surface area contributed by atoms with Crippen molar-refractivity contribution >= 4 is 17.8 Å². The standard InChI is InChI=1S/C12H15NO4/c1-5(12(16)17)13-10(14)8-6-2-3-7(4-6)9(8)11(13)15/h5-9H,2-4H2,1H3,(H,16,17)/p-1/t5-,6-,7+,8-,9+/m1/s1. The van der Waals surface area contributed by atoms with E-state index in [2.05, 4.69) is 0 Å². The molecule has 0 aromatic carbocycles. The molecule has 0 unspecified atom stereocenters. The van der Waals surface area contributed by atoms with Gasteiger partial charge in [-0.25, -0.2) is 0 Å². The van der Waals surface area contributed by atoms with Crippen LogP contribution in [0.1, 0.15) is 26.2 Å². The number of hydrogen-bond donors (Lipinski definition) is 0. The summed E-state index contributed by atoms with van der Waals surface area (Å²) >= 11 is 0. The van der Waals surface area contributed by atoms with Crippen molar-refractivity contribution in [2.75, 3.05) is 0 Å². The summed E-state index contributed by atoms with van der Waals surface area (Å²) in [6.45, 7) is 1.34. The van der Waals surface area contributed by atoms with Crippen molar-refractivity contribution in [1.29, 1.82) is 0 Å². The molecule has 0 spiro atoms. The van der Waals surface area contributed by atoms with Crippen LogP contribution in [-0.2, 0) is 14.4 Å². The maximum Gasteiger partial charge on any atom is 0.233 e. The first-order chi connectivity index (χ1) is 8.02. The van der Waals surface area contributed by atoms with Crippen LogP contribution in [0.2, 0.25) is 0 Å². The summed E-state index contributed by atoms with van der Waals surface area (Å²) in [7, 11) is 0. The van der Waals surface area contributed by atoms with Crippen molar-refractivity contribution in [3.8, 4) is 0 Å². The van der Waals surface area contributed by atoms with Crippen molar-refractivity contribution in [2.45, 2.75) is 32.2 Å². The summed E-state index contributed by atoms with van der Waals surface area (Å²) in [5.41, 5.74) is 0. The number of rotatable bonds is 2. The van der Waals surface area contributed by atoms with Gasteiger partial charge in [-0.05, 0) is 38.0 Å². The lowest BCUT2D eigenvalue weighted by molar-refractivity contribution is -0.310. The molecule has 1 saturated heterocycles. The van der Waals surface area contributed by atoms with Gasteiger partial charge in [0.1, 0.15) is 0 Å². The summed E-state index contributed by atoms with van der Waals surface area (Å²) in [5, 5.41) is 10.8. The molecule has 2 aliphatic carbocycles. The van der Waals surface area contributed by atoms with Gasteiger partial charge in [0.25, 0.3) is 0 Å². The number of carboxylic acid groups (broad SMARTS) is 1. The third-order valence-corrected chi connectivity index (χ3v) is 4.69. The minimum absolute atomic E-state index is 0.247. The second kappa shape index (κ2) is 3.31. The Hall–Kier alpha value is -1.39. The first-order valence-corrected chi connectivity index (χ1v) is 6.10. The lowest BCUT2D eigenvalue weighted by Gasteiger charge is -2.24. The topological polar surface area (TPSA) is 77.5 Å². The summed E-state index contributed by atoms with van der Waals surface area (Å²) < 4.78 is 0. The number of aliphatic carboxylic acids is 1. The molecule has 3 rings (SSSR count). The highest BCUT2D eigenvalue weighted by atomic mass is 16.4. The Morgan fingerprint density at radius 1 is 1.24 bits per heavy atom. The number of hydrogen-bond acceptors (Lipinski definition) is 4. The van der Waals surface area contributed by atoms with E-state index in [4.69, 9.17) is 0 Å². The third kappa shape index (κ3) is 1.22. The molecule has 17 heavy (non-hydrogen) atoms. The highest BCUT2D eigenvalue weighted by Gasteiger charge is 2.61. The summed E-state index contributed by atoms with van der Waals surface area (Å²) in [5.74, 6) is -1.85. The fourth-order valence-electron chi connectivity index (χ4n) is 3.92. The van der Waals surface area contributed by atoms with Crippen molar-refractivity contribution < 1.29 is 19.5 Å². The van der Waals surface area contributed by atoms with Gasteiger partial charge in [-0.3, -0.25) is 14.5 Å². The van der Waals surface area contributed by atoms with E-state index in [1.165, 1.54) is 6.92 Å². The largest absolute Gasteiger partial charge is 0.548 e. The van der Waals surface area contributed by atoms with Gasteiger partial charge < -0.3 is 9.90 Å². The van der Waals surface area contributed by atoms with Crippen LogP contribution in [0.25, 0.3) is 0 Å². The minimum Gasteiger partial charge on any atom is -0.548 e. The number of amides is 2. The number of carbonyl (C=O) groups is 3. The lowest BCUT2D eigenvalue weighted by Crippen LogP contribution is -2.49. The van der Waals surface area contributed by atoms with Crippen molar-refractivity contribution in [3.05, 3.63) is 0 Å². The van der Waals surface area contributed by atoms with E-state index in [-0.39, 0.29) is 23.7 Å². The number of nitrogens with zero attached hydrogens (tertiary/aromatic N) is 1. The van der Waals surface area contributed by atoms with Gasteiger partial charge >= 0.3 is 0 Å². The fraction of sp³-hybridized carbons (Fsp3) is 0.750.